The van der Waals surface area contributed by atoms with Gasteiger partial charge in [0.15, 0.2) is 5.16 Å². The molecule has 7 heteroatoms. The number of rotatable bonds is 5. The van der Waals surface area contributed by atoms with Gasteiger partial charge in [0, 0.05) is 5.56 Å². The second kappa shape index (κ2) is 8.20. The van der Waals surface area contributed by atoms with E-state index < -0.39 is 0 Å². The summed E-state index contributed by atoms with van der Waals surface area (Å²) in [6.45, 7) is 2.01. The van der Waals surface area contributed by atoms with E-state index in [1.54, 1.807) is 10.6 Å². The van der Waals surface area contributed by atoms with Crippen molar-refractivity contribution in [1.82, 2.24) is 19.7 Å². The van der Waals surface area contributed by atoms with Crippen molar-refractivity contribution in [2.24, 2.45) is 0 Å². The molecule has 0 saturated heterocycles. The first-order chi connectivity index (χ1) is 15.2. The van der Waals surface area contributed by atoms with E-state index in [1.807, 2.05) is 79.7 Å². The van der Waals surface area contributed by atoms with Gasteiger partial charge in [0.1, 0.15) is 0 Å². The maximum absolute atomic E-state index is 13.2. The fourth-order valence-electron chi connectivity index (χ4n) is 3.39. The SMILES string of the molecule is Cc1ccccc1-c1noc(CSc2nc3ccccc3c(=O)n2-c2ccccc2)n1. The zero-order chi connectivity index (χ0) is 21.2. The van der Waals surface area contributed by atoms with Gasteiger partial charge in [0.2, 0.25) is 11.7 Å². The largest absolute Gasteiger partial charge is 0.338 e. The Morgan fingerprint density at radius 3 is 2.48 bits per heavy atom. The number of thioether (sulfide) groups is 1. The molecule has 5 rings (SSSR count). The molecule has 0 aliphatic rings. The molecule has 0 aliphatic heterocycles. The molecule has 0 bridgehead atoms. The number of fused-ring (bicyclic) bond motifs is 1. The molecular formula is C24H18N4O2S. The summed E-state index contributed by atoms with van der Waals surface area (Å²) >= 11 is 1.39. The number of para-hydroxylation sites is 2. The van der Waals surface area contributed by atoms with Crippen LogP contribution in [0.25, 0.3) is 28.0 Å². The standard InChI is InChI=1S/C24H18N4O2S/c1-16-9-5-6-12-18(16)22-26-21(30-27-22)15-31-24-25-20-14-8-7-13-19(20)23(29)28(24)17-10-3-2-4-11-17/h2-14H,15H2,1H3. The summed E-state index contributed by atoms with van der Waals surface area (Å²) in [6, 6.07) is 24.8. The molecule has 0 saturated carbocycles. The maximum atomic E-state index is 13.2. The van der Waals surface area contributed by atoms with Crippen molar-refractivity contribution in [3.8, 4) is 17.1 Å². The predicted molar refractivity (Wildman–Crippen MR) is 121 cm³/mol. The van der Waals surface area contributed by atoms with Gasteiger partial charge < -0.3 is 4.52 Å². The molecule has 0 amide bonds. The van der Waals surface area contributed by atoms with Gasteiger partial charge in [-0.05, 0) is 36.8 Å². The van der Waals surface area contributed by atoms with Crippen LogP contribution >= 0.6 is 11.8 Å². The third-order valence-corrected chi connectivity index (χ3v) is 5.86. The van der Waals surface area contributed by atoms with Crippen molar-refractivity contribution >= 4 is 22.7 Å². The molecule has 0 unspecified atom stereocenters. The number of aryl methyl sites for hydroxylation is 1. The van der Waals surface area contributed by atoms with E-state index in [9.17, 15) is 4.79 Å². The van der Waals surface area contributed by atoms with E-state index in [0.29, 0.717) is 33.5 Å². The molecule has 2 heterocycles. The van der Waals surface area contributed by atoms with Crippen molar-refractivity contribution in [2.45, 2.75) is 17.8 Å². The Balaban J connectivity index is 1.51. The molecule has 5 aromatic rings. The lowest BCUT2D eigenvalue weighted by atomic mass is 10.1. The molecule has 0 fully saturated rings. The van der Waals surface area contributed by atoms with Crippen LogP contribution in [0.3, 0.4) is 0 Å². The lowest BCUT2D eigenvalue weighted by Gasteiger charge is -2.12. The fraction of sp³-hybridized carbons (Fsp3) is 0.0833. The molecule has 0 spiro atoms. The molecule has 0 aliphatic carbocycles. The minimum atomic E-state index is -0.106. The van der Waals surface area contributed by atoms with Gasteiger partial charge >= 0.3 is 0 Å². The summed E-state index contributed by atoms with van der Waals surface area (Å²) in [5, 5.41) is 5.27. The van der Waals surface area contributed by atoms with Crippen LogP contribution in [0.5, 0.6) is 0 Å². The van der Waals surface area contributed by atoms with Crippen molar-refractivity contribution in [1.29, 1.82) is 0 Å². The number of nitrogens with zero attached hydrogens (tertiary/aromatic N) is 4. The summed E-state index contributed by atoms with van der Waals surface area (Å²) in [4.78, 5) is 22.5. The third kappa shape index (κ3) is 3.75. The average Bonchev–Trinajstić information content (AvgIpc) is 3.27. The zero-order valence-corrected chi connectivity index (χ0v) is 17.5. The number of hydrogen-bond donors (Lipinski definition) is 0. The molecule has 152 valence electrons. The topological polar surface area (TPSA) is 73.8 Å². The Morgan fingerprint density at radius 1 is 0.903 bits per heavy atom. The van der Waals surface area contributed by atoms with Gasteiger partial charge in [0.25, 0.3) is 5.56 Å². The van der Waals surface area contributed by atoms with Crippen LogP contribution in [-0.2, 0) is 5.75 Å². The maximum Gasteiger partial charge on any atom is 0.266 e. The van der Waals surface area contributed by atoms with Gasteiger partial charge in [-0.15, -0.1) is 0 Å². The second-order valence-corrected chi connectivity index (χ2v) is 7.95. The minimum absolute atomic E-state index is 0.106. The molecule has 3 aromatic carbocycles. The van der Waals surface area contributed by atoms with Gasteiger partial charge in [-0.1, -0.05) is 71.5 Å². The Kier molecular flexibility index (Phi) is 5.09. The van der Waals surface area contributed by atoms with E-state index in [2.05, 4.69) is 10.1 Å². The highest BCUT2D eigenvalue weighted by Crippen LogP contribution is 2.26. The molecule has 6 nitrogen and oxygen atoms in total. The van der Waals surface area contributed by atoms with Gasteiger partial charge in [-0.3, -0.25) is 9.36 Å². The second-order valence-electron chi connectivity index (χ2n) is 7.00. The summed E-state index contributed by atoms with van der Waals surface area (Å²) in [7, 11) is 0. The fourth-order valence-corrected chi connectivity index (χ4v) is 4.24. The van der Waals surface area contributed by atoms with Crippen molar-refractivity contribution in [3.63, 3.8) is 0 Å². The molecule has 0 radical (unpaired) electrons. The zero-order valence-electron chi connectivity index (χ0n) is 16.7. The number of aromatic nitrogens is 4. The smallest absolute Gasteiger partial charge is 0.266 e. The Hall–Kier alpha value is -3.71. The van der Waals surface area contributed by atoms with Crippen molar-refractivity contribution in [3.05, 3.63) is 101 Å². The first kappa shape index (κ1) is 19.3. The lowest BCUT2D eigenvalue weighted by Crippen LogP contribution is -2.21. The molecule has 31 heavy (non-hydrogen) atoms. The number of benzene rings is 3. The summed E-state index contributed by atoms with van der Waals surface area (Å²) in [6.07, 6.45) is 0. The highest BCUT2D eigenvalue weighted by atomic mass is 32.2. The van der Waals surface area contributed by atoms with Crippen LogP contribution in [0.15, 0.2) is 93.3 Å². The Morgan fingerprint density at radius 2 is 1.65 bits per heavy atom. The van der Waals surface area contributed by atoms with Gasteiger partial charge in [-0.25, -0.2) is 4.98 Å². The van der Waals surface area contributed by atoms with Crippen LogP contribution < -0.4 is 5.56 Å². The average molecular weight is 427 g/mol. The highest BCUT2D eigenvalue weighted by molar-refractivity contribution is 7.98. The first-order valence-electron chi connectivity index (χ1n) is 9.79. The number of hydrogen-bond acceptors (Lipinski definition) is 6. The highest BCUT2D eigenvalue weighted by Gasteiger charge is 2.16. The monoisotopic (exact) mass is 426 g/mol. The van der Waals surface area contributed by atoms with Crippen molar-refractivity contribution < 1.29 is 4.52 Å². The molecule has 0 atom stereocenters. The summed E-state index contributed by atoms with van der Waals surface area (Å²) in [5.74, 6) is 1.43. The van der Waals surface area contributed by atoms with Gasteiger partial charge in [-0.2, -0.15) is 4.98 Å². The lowest BCUT2D eigenvalue weighted by molar-refractivity contribution is 0.391. The van der Waals surface area contributed by atoms with Gasteiger partial charge in [0.05, 0.1) is 22.3 Å². The van der Waals surface area contributed by atoms with E-state index in [1.165, 1.54) is 11.8 Å². The molecule has 2 aromatic heterocycles. The molecule has 0 N–H and O–H groups in total. The first-order valence-corrected chi connectivity index (χ1v) is 10.8. The summed E-state index contributed by atoms with van der Waals surface area (Å²) in [5.41, 5.74) is 3.34. The quantitative estimate of drug-likeness (QED) is 0.290. The van der Waals surface area contributed by atoms with E-state index in [4.69, 9.17) is 9.51 Å². The van der Waals surface area contributed by atoms with Crippen LogP contribution in [0.1, 0.15) is 11.5 Å². The minimum Gasteiger partial charge on any atom is -0.338 e. The van der Waals surface area contributed by atoms with E-state index in [0.717, 1.165) is 16.8 Å². The third-order valence-electron chi connectivity index (χ3n) is 4.94. The van der Waals surface area contributed by atoms with E-state index >= 15 is 0 Å². The van der Waals surface area contributed by atoms with E-state index in [-0.39, 0.29) is 5.56 Å². The predicted octanol–water partition coefficient (Wildman–Crippen LogP) is 5.04. The Labute approximate surface area is 182 Å². The van der Waals surface area contributed by atoms with Crippen LogP contribution in [-0.4, -0.2) is 19.7 Å². The molecular weight excluding hydrogens is 408 g/mol. The Bertz CT molecular complexity index is 1430. The summed E-state index contributed by atoms with van der Waals surface area (Å²) < 4.78 is 7.09. The van der Waals surface area contributed by atoms with Crippen molar-refractivity contribution in [2.75, 3.05) is 0 Å². The van der Waals surface area contributed by atoms with Crippen LogP contribution in [0.4, 0.5) is 0 Å². The van der Waals surface area contributed by atoms with Crippen LogP contribution in [0, 0.1) is 6.92 Å². The normalized spacial score (nSPS) is 11.1. The van der Waals surface area contributed by atoms with Crippen LogP contribution in [0.2, 0.25) is 0 Å².